The standard InChI is InChI=1S/C13H10BrN3O4/c14-10-6-15-7-11(17(20)21)12(10)16-5-8-2-1-3-9(4-8)13(18)19/h1-4,6-7H,5H2,(H,15,16)(H,18,19). The van der Waals surface area contributed by atoms with Crippen molar-refractivity contribution in [2.75, 3.05) is 5.32 Å². The lowest BCUT2D eigenvalue weighted by Gasteiger charge is -2.09. The molecule has 21 heavy (non-hydrogen) atoms. The van der Waals surface area contributed by atoms with Crippen LogP contribution in [0.4, 0.5) is 11.4 Å². The molecule has 0 bridgehead atoms. The minimum Gasteiger partial charge on any atom is -0.478 e. The highest BCUT2D eigenvalue weighted by molar-refractivity contribution is 9.10. The number of hydrogen-bond donors (Lipinski definition) is 2. The SMILES string of the molecule is O=C(O)c1cccc(CNc2c(Br)cncc2[N+](=O)[O-])c1. The van der Waals surface area contributed by atoms with Gasteiger partial charge in [0.25, 0.3) is 0 Å². The normalized spacial score (nSPS) is 10.1. The van der Waals surface area contributed by atoms with Gasteiger partial charge in [0.2, 0.25) is 0 Å². The van der Waals surface area contributed by atoms with Crippen molar-refractivity contribution in [3.63, 3.8) is 0 Å². The summed E-state index contributed by atoms with van der Waals surface area (Å²) in [6, 6.07) is 6.35. The van der Waals surface area contributed by atoms with E-state index in [2.05, 4.69) is 26.2 Å². The van der Waals surface area contributed by atoms with Gasteiger partial charge in [-0.3, -0.25) is 15.1 Å². The maximum Gasteiger partial charge on any atom is 0.335 e. The number of aromatic nitrogens is 1. The van der Waals surface area contributed by atoms with E-state index >= 15 is 0 Å². The molecule has 0 aliphatic carbocycles. The van der Waals surface area contributed by atoms with E-state index in [1.807, 2.05) is 0 Å². The van der Waals surface area contributed by atoms with E-state index in [-0.39, 0.29) is 17.8 Å². The lowest BCUT2D eigenvalue weighted by atomic mass is 10.1. The van der Waals surface area contributed by atoms with Crippen molar-refractivity contribution < 1.29 is 14.8 Å². The predicted octanol–water partition coefficient (Wildman–Crippen LogP) is 3.06. The van der Waals surface area contributed by atoms with Crippen molar-refractivity contribution in [2.45, 2.75) is 6.54 Å². The zero-order valence-electron chi connectivity index (χ0n) is 10.6. The molecule has 2 aromatic rings. The third kappa shape index (κ3) is 3.54. The van der Waals surface area contributed by atoms with Crippen LogP contribution in [0.5, 0.6) is 0 Å². The van der Waals surface area contributed by atoms with Gasteiger partial charge in [-0.2, -0.15) is 0 Å². The molecule has 0 saturated carbocycles. The number of anilines is 1. The molecule has 0 radical (unpaired) electrons. The smallest absolute Gasteiger partial charge is 0.335 e. The second-order valence-corrected chi connectivity index (χ2v) is 4.99. The molecule has 1 heterocycles. The Morgan fingerprint density at radius 1 is 1.43 bits per heavy atom. The molecule has 0 saturated heterocycles. The van der Waals surface area contributed by atoms with Crippen molar-refractivity contribution >= 4 is 33.3 Å². The third-order valence-corrected chi connectivity index (χ3v) is 3.32. The van der Waals surface area contributed by atoms with Crippen LogP contribution in [0.25, 0.3) is 0 Å². The molecule has 0 atom stereocenters. The first-order valence-corrected chi connectivity index (χ1v) is 6.62. The van der Waals surface area contributed by atoms with E-state index in [1.165, 1.54) is 18.3 Å². The highest BCUT2D eigenvalue weighted by Gasteiger charge is 2.17. The Morgan fingerprint density at radius 2 is 2.19 bits per heavy atom. The molecule has 0 fully saturated rings. The van der Waals surface area contributed by atoms with E-state index in [0.29, 0.717) is 15.7 Å². The van der Waals surface area contributed by atoms with Gasteiger partial charge in [0.05, 0.1) is 15.0 Å². The van der Waals surface area contributed by atoms with Crippen molar-refractivity contribution in [3.8, 4) is 0 Å². The first-order valence-electron chi connectivity index (χ1n) is 5.83. The quantitative estimate of drug-likeness (QED) is 0.633. The molecule has 0 unspecified atom stereocenters. The molecule has 1 aromatic heterocycles. The lowest BCUT2D eigenvalue weighted by molar-refractivity contribution is -0.384. The summed E-state index contributed by atoms with van der Waals surface area (Å²) >= 11 is 3.20. The fourth-order valence-corrected chi connectivity index (χ4v) is 2.20. The molecule has 108 valence electrons. The van der Waals surface area contributed by atoms with E-state index in [0.717, 1.165) is 6.20 Å². The van der Waals surface area contributed by atoms with Crippen molar-refractivity contribution in [2.24, 2.45) is 0 Å². The number of rotatable bonds is 5. The molecule has 0 aliphatic rings. The average molecular weight is 352 g/mol. The summed E-state index contributed by atoms with van der Waals surface area (Å²) < 4.78 is 0.464. The summed E-state index contributed by atoms with van der Waals surface area (Å²) in [4.78, 5) is 25.1. The molecule has 2 rings (SSSR count). The molecule has 7 nitrogen and oxygen atoms in total. The van der Waals surface area contributed by atoms with Crippen LogP contribution in [0.1, 0.15) is 15.9 Å². The summed E-state index contributed by atoms with van der Waals surface area (Å²) in [6.45, 7) is 0.255. The van der Waals surface area contributed by atoms with Crippen LogP contribution in [-0.4, -0.2) is 21.0 Å². The maximum absolute atomic E-state index is 11.0. The van der Waals surface area contributed by atoms with Gasteiger partial charge < -0.3 is 10.4 Å². The molecular formula is C13H10BrN3O4. The number of carbonyl (C=O) groups is 1. The van der Waals surface area contributed by atoms with Gasteiger partial charge in [-0.25, -0.2) is 4.79 Å². The Morgan fingerprint density at radius 3 is 2.86 bits per heavy atom. The number of hydrogen-bond acceptors (Lipinski definition) is 5. The van der Waals surface area contributed by atoms with Gasteiger partial charge in [0.1, 0.15) is 11.9 Å². The maximum atomic E-state index is 11.0. The third-order valence-electron chi connectivity index (χ3n) is 2.72. The molecule has 1 aromatic carbocycles. The number of benzene rings is 1. The van der Waals surface area contributed by atoms with Gasteiger partial charge in [-0.05, 0) is 33.6 Å². The zero-order valence-corrected chi connectivity index (χ0v) is 12.2. The van der Waals surface area contributed by atoms with E-state index < -0.39 is 10.9 Å². The van der Waals surface area contributed by atoms with Crippen LogP contribution in [-0.2, 0) is 6.54 Å². The van der Waals surface area contributed by atoms with Crippen LogP contribution < -0.4 is 5.32 Å². The minimum absolute atomic E-state index is 0.154. The summed E-state index contributed by atoms with van der Waals surface area (Å²) in [5.41, 5.74) is 1.01. The Bertz CT molecular complexity index is 706. The number of nitrogens with zero attached hydrogens (tertiary/aromatic N) is 2. The Kier molecular flexibility index (Phi) is 4.49. The molecule has 2 N–H and O–H groups in total. The van der Waals surface area contributed by atoms with Gasteiger partial charge in [0, 0.05) is 12.7 Å². The number of carboxylic acids is 1. The summed E-state index contributed by atoms with van der Waals surface area (Å²) in [6.07, 6.45) is 2.60. The fraction of sp³-hybridized carbons (Fsp3) is 0.0769. The number of pyridine rings is 1. The van der Waals surface area contributed by atoms with E-state index in [1.54, 1.807) is 12.1 Å². The van der Waals surface area contributed by atoms with Gasteiger partial charge in [-0.1, -0.05) is 12.1 Å². The van der Waals surface area contributed by atoms with Gasteiger partial charge in [-0.15, -0.1) is 0 Å². The van der Waals surface area contributed by atoms with Crippen molar-refractivity contribution in [3.05, 3.63) is 62.4 Å². The predicted molar refractivity (Wildman–Crippen MR) is 79.3 cm³/mol. The summed E-state index contributed by atoms with van der Waals surface area (Å²) in [7, 11) is 0. The topological polar surface area (TPSA) is 105 Å². The molecule has 8 heteroatoms. The fourth-order valence-electron chi connectivity index (χ4n) is 1.74. The van der Waals surface area contributed by atoms with Crippen LogP contribution in [0.3, 0.4) is 0 Å². The molecule has 0 aliphatic heterocycles. The second kappa shape index (κ2) is 6.31. The average Bonchev–Trinajstić information content (AvgIpc) is 2.46. The Balaban J connectivity index is 2.22. The molecule has 0 spiro atoms. The van der Waals surface area contributed by atoms with Crippen molar-refractivity contribution in [1.82, 2.24) is 4.98 Å². The largest absolute Gasteiger partial charge is 0.478 e. The van der Waals surface area contributed by atoms with E-state index in [4.69, 9.17) is 5.11 Å². The van der Waals surface area contributed by atoms with Crippen LogP contribution in [0, 0.1) is 10.1 Å². The molecule has 0 amide bonds. The Hall–Kier alpha value is -2.48. The van der Waals surface area contributed by atoms with Crippen LogP contribution >= 0.6 is 15.9 Å². The number of nitro groups is 1. The number of carboxylic acid groups (broad SMARTS) is 1. The number of aromatic carboxylic acids is 1. The monoisotopic (exact) mass is 351 g/mol. The first-order chi connectivity index (χ1) is 9.99. The summed E-state index contributed by atoms with van der Waals surface area (Å²) in [5.74, 6) is -1.02. The molecular weight excluding hydrogens is 342 g/mol. The minimum atomic E-state index is -1.02. The van der Waals surface area contributed by atoms with Gasteiger partial charge >= 0.3 is 11.7 Å². The van der Waals surface area contributed by atoms with E-state index in [9.17, 15) is 14.9 Å². The Labute approximate surface area is 127 Å². The van der Waals surface area contributed by atoms with Crippen LogP contribution in [0.2, 0.25) is 0 Å². The number of halogens is 1. The first kappa shape index (κ1) is 14.9. The van der Waals surface area contributed by atoms with Crippen LogP contribution in [0.15, 0.2) is 41.1 Å². The second-order valence-electron chi connectivity index (χ2n) is 4.13. The number of nitrogens with one attached hydrogen (secondary N) is 1. The van der Waals surface area contributed by atoms with Gasteiger partial charge in [0.15, 0.2) is 0 Å². The highest BCUT2D eigenvalue weighted by atomic mass is 79.9. The van der Waals surface area contributed by atoms with Crippen molar-refractivity contribution in [1.29, 1.82) is 0 Å². The summed E-state index contributed by atoms with van der Waals surface area (Å²) in [5, 5.41) is 22.8. The zero-order chi connectivity index (χ0) is 15.4. The highest BCUT2D eigenvalue weighted by Crippen LogP contribution is 2.31. The lowest BCUT2D eigenvalue weighted by Crippen LogP contribution is -2.05.